The second-order valence-corrected chi connectivity index (χ2v) is 6.18. The van der Waals surface area contributed by atoms with E-state index in [4.69, 9.17) is 4.99 Å². The molecule has 1 aromatic heterocycles. The van der Waals surface area contributed by atoms with E-state index in [2.05, 4.69) is 32.0 Å². The lowest BCUT2D eigenvalue weighted by atomic mass is 10.1. The van der Waals surface area contributed by atoms with E-state index in [-0.39, 0.29) is 24.0 Å². The van der Waals surface area contributed by atoms with Gasteiger partial charge in [-0.3, -0.25) is 4.99 Å². The van der Waals surface area contributed by atoms with Gasteiger partial charge >= 0.3 is 0 Å². The molecule has 146 valence electrons. The van der Waals surface area contributed by atoms with Crippen LogP contribution in [0.5, 0.6) is 5.75 Å². The van der Waals surface area contributed by atoms with Gasteiger partial charge in [0.25, 0.3) is 0 Å². The summed E-state index contributed by atoms with van der Waals surface area (Å²) in [5, 5.41) is 12.9. The van der Waals surface area contributed by atoms with Crippen molar-refractivity contribution in [3.8, 4) is 5.75 Å². The Labute approximate surface area is 177 Å². The van der Waals surface area contributed by atoms with Gasteiger partial charge in [0.05, 0.1) is 0 Å². The Balaban J connectivity index is 0.00000261. The first-order chi connectivity index (χ1) is 12.8. The minimum Gasteiger partial charge on any atom is -0.508 e. The molecule has 8 heteroatoms. The zero-order valence-electron chi connectivity index (χ0n) is 15.6. The summed E-state index contributed by atoms with van der Waals surface area (Å²) >= 11 is 0. The van der Waals surface area contributed by atoms with Crippen LogP contribution in [0.3, 0.4) is 0 Å². The van der Waals surface area contributed by atoms with Crippen LogP contribution in [0.2, 0.25) is 0 Å². The standard InChI is InChI=1S/C19H26N6O.HI/c1-2-20-18(23-10-7-16-5-3-6-17(26)15-16)24-11-13-25(14-12-24)19-21-8-4-9-22-19;/h3-6,8-9,15,26H,2,7,10-14H2,1H3,(H,20,23);1H. The molecule has 0 atom stereocenters. The van der Waals surface area contributed by atoms with E-state index in [0.717, 1.165) is 56.6 Å². The summed E-state index contributed by atoms with van der Waals surface area (Å²) in [4.78, 5) is 17.9. The van der Waals surface area contributed by atoms with E-state index in [9.17, 15) is 5.11 Å². The topological polar surface area (TPSA) is 76.9 Å². The number of piperazine rings is 1. The van der Waals surface area contributed by atoms with Crippen LogP contribution in [-0.4, -0.2) is 65.2 Å². The lowest BCUT2D eigenvalue weighted by Gasteiger charge is -2.36. The number of aromatic nitrogens is 2. The molecule has 0 radical (unpaired) electrons. The van der Waals surface area contributed by atoms with Gasteiger partial charge in [-0.1, -0.05) is 12.1 Å². The predicted octanol–water partition coefficient (Wildman–Crippen LogP) is 2.13. The maximum atomic E-state index is 9.56. The first-order valence-corrected chi connectivity index (χ1v) is 9.09. The maximum absolute atomic E-state index is 9.56. The number of aliphatic imine (C=N–C) groups is 1. The highest BCUT2D eigenvalue weighted by molar-refractivity contribution is 14.0. The second-order valence-electron chi connectivity index (χ2n) is 6.18. The number of anilines is 1. The third kappa shape index (κ3) is 6.23. The van der Waals surface area contributed by atoms with Crippen LogP contribution in [0, 0.1) is 0 Å². The molecule has 1 saturated heterocycles. The molecule has 0 bridgehead atoms. The Kier molecular flexibility index (Phi) is 8.56. The normalized spacial score (nSPS) is 14.6. The third-order valence-electron chi connectivity index (χ3n) is 4.32. The Morgan fingerprint density at radius 1 is 1.15 bits per heavy atom. The minimum atomic E-state index is 0. The number of hydrogen-bond acceptors (Lipinski definition) is 5. The molecule has 27 heavy (non-hydrogen) atoms. The van der Waals surface area contributed by atoms with E-state index < -0.39 is 0 Å². The molecule has 0 spiro atoms. The Morgan fingerprint density at radius 2 is 1.89 bits per heavy atom. The summed E-state index contributed by atoms with van der Waals surface area (Å²) in [5.41, 5.74) is 1.09. The Morgan fingerprint density at radius 3 is 2.56 bits per heavy atom. The van der Waals surface area contributed by atoms with Crippen LogP contribution >= 0.6 is 24.0 Å². The number of rotatable bonds is 5. The fraction of sp³-hybridized carbons (Fsp3) is 0.421. The van der Waals surface area contributed by atoms with Crippen LogP contribution in [0.1, 0.15) is 12.5 Å². The van der Waals surface area contributed by atoms with Gasteiger partial charge in [0, 0.05) is 51.7 Å². The van der Waals surface area contributed by atoms with Crippen molar-refractivity contribution in [1.29, 1.82) is 0 Å². The number of nitrogens with zero attached hydrogens (tertiary/aromatic N) is 5. The molecular weight excluding hydrogens is 455 g/mol. The molecule has 1 aliphatic heterocycles. The monoisotopic (exact) mass is 482 g/mol. The average molecular weight is 482 g/mol. The molecule has 2 aromatic rings. The number of hydrogen-bond donors (Lipinski definition) is 2. The van der Waals surface area contributed by atoms with Gasteiger partial charge in [0.2, 0.25) is 5.95 Å². The number of aromatic hydroxyl groups is 1. The van der Waals surface area contributed by atoms with Gasteiger partial charge < -0.3 is 20.2 Å². The molecule has 1 aliphatic rings. The van der Waals surface area contributed by atoms with Gasteiger partial charge in [-0.2, -0.15) is 0 Å². The van der Waals surface area contributed by atoms with E-state index in [1.807, 2.05) is 18.2 Å². The molecule has 2 N–H and O–H groups in total. The van der Waals surface area contributed by atoms with Crippen molar-refractivity contribution in [1.82, 2.24) is 20.2 Å². The van der Waals surface area contributed by atoms with Crippen LogP contribution in [0.15, 0.2) is 47.7 Å². The number of phenolic OH excluding ortho intramolecular Hbond substituents is 1. The zero-order valence-corrected chi connectivity index (χ0v) is 17.9. The average Bonchev–Trinajstić information content (AvgIpc) is 2.68. The van der Waals surface area contributed by atoms with Gasteiger partial charge in [-0.25, -0.2) is 9.97 Å². The highest BCUT2D eigenvalue weighted by Crippen LogP contribution is 2.12. The SMILES string of the molecule is CCNC(=NCCc1cccc(O)c1)N1CCN(c2ncccn2)CC1.I. The summed E-state index contributed by atoms with van der Waals surface area (Å²) in [6.45, 7) is 7.13. The number of guanidine groups is 1. The number of halogens is 1. The summed E-state index contributed by atoms with van der Waals surface area (Å²) < 4.78 is 0. The highest BCUT2D eigenvalue weighted by Gasteiger charge is 2.20. The Bertz CT molecular complexity index is 719. The lowest BCUT2D eigenvalue weighted by Crippen LogP contribution is -2.53. The van der Waals surface area contributed by atoms with Gasteiger partial charge in [0.15, 0.2) is 5.96 Å². The first kappa shape index (κ1) is 21.2. The van der Waals surface area contributed by atoms with Crippen molar-refractivity contribution in [2.75, 3.05) is 44.2 Å². The van der Waals surface area contributed by atoms with Crippen molar-refractivity contribution in [3.63, 3.8) is 0 Å². The van der Waals surface area contributed by atoms with Crippen molar-refractivity contribution < 1.29 is 5.11 Å². The van der Waals surface area contributed by atoms with Crippen molar-refractivity contribution >= 4 is 35.9 Å². The van der Waals surface area contributed by atoms with E-state index in [0.29, 0.717) is 12.3 Å². The van der Waals surface area contributed by atoms with Gasteiger partial charge in [-0.05, 0) is 37.1 Å². The molecular formula is C19H27IN6O. The molecule has 1 aromatic carbocycles. The molecule has 7 nitrogen and oxygen atoms in total. The van der Waals surface area contributed by atoms with Crippen molar-refractivity contribution in [2.45, 2.75) is 13.3 Å². The van der Waals surface area contributed by atoms with Crippen LogP contribution in [0.25, 0.3) is 0 Å². The molecule has 3 rings (SSSR count). The van der Waals surface area contributed by atoms with Crippen molar-refractivity contribution in [2.24, 2.45) is 4.99 Å². The smallest absolute Gasteiger partial charge is 0.225 e. The predicted molar refractivity (Wildman–Crippen MR) is 119 cm³/mol. The molecule has 0 aliphatic carbocycles. The van der Waals surface area contributed by atoms with Gasteiger partial charge in [-0.15, -0.1) is 24.0 Å². The fourth-order valence-corrected chi connectivity index (χ4v) is 3.00. The van der Waals surface area contributed by atoms with E-state index in [1.165, 1.54) is 0 Å². The molecule has 0 saturated carbocycles. The molecule has 0 unspecified atom stereocenters. The first-order valence-electron chi connectivity index (χ1n) is 9.09. The summed E-state index contributed by atoms with van der Waals surface area (Å²) in [7, 11) is 0. The van der Waals surface area contributed by atoms with Crippen LogP contribution in [0.4, 0.5) is 5.95 Å². The van der Waals surface area contributed by atoms with E-state index >= 15 is 0 Å². The molecule has 2 heterocycles. The maximum Gasteiger partial charge on any atom is 0.225 e. The summed E-state index contributed by atoms with van der Waals surface area (Å²) in [6, 6.07) is 9.20. The number of phenols is 1. The molecule has 0 amide bonds. The van der Waals surface area contributed by atoms with Gasteiger partial charge in [0.1, 0.15) is 5.75 Å². The number of nitrogens with one attached hydrogen (secondary N) is 1. The zero-order chi connectivity index (χ0) is 18.2. The van der Waals surface area contributed by atoms with Crippen LogP contribution < -0.4 is 10.2 Å². The Hall–Kier alpha value is -2.10. The van der Waals surface area contributed by atoms with E-state index in [1.54, 1.807) is 24.5 Å². The second kappa shape index (κ2) is 10.9. The highest BCUT2D eigenvalue weighted by atomic mass is 127. The summed E-state index contributed by atoms with van der Waals surface area (Å²) in [5.74, 6) is 2.04. The summed E-state index contributed by atoms with van der Waals surface area (Å²) in [6.07, 6.45) is 4.37. The van der Waals surface area contributed by atoms with Crippen molar-refractivity contribution in [3.05, 3.63) is 48.3 Å². The fourth-order valence-electron chi connectivity index (χ4n) is 3.00. The quantitative estimate of drug-likeness (QED) is 0.387. The third-order valence-corrected chi connectivity index (χ3v) is 4.32. The van der Waals surface area contributed by atoms with Crippen LogP contribution in [-0.2, 0) is 6.42 Å². The minimum absolute atomic E-state index is 0. The lowest BCUT2D eigenvalue weighted by molar-refractivity contribution is 0.370. The number of benzene rings is 1. The molecule has 1 fully saturated rings. The largest absolute Gasteiger partial charge is 0.508 e.